The van der Waals surface area contributed by atoms with E-state index in [4.69, 9.17) is 9.47 Å². The average molecular weight is 257 g/mol. The zero-order valence-electron chi connectivity index (χ0n) is 10.2. The van der Waals surface area contributed by atoms with Crippen LogP contribution in [0.15, 0.2) is 10.8 Å². The summed E-state index contributed by atoms with van der Waals surface area (Å²) in [5.41, 5.74) is -0.138. The molecule has 1 aromatic rings. The first-order valence-electron chi connectivity index (χ1n) is 5.02. The zero-order valence-corrected chi connectivity index (χ0v) is 11.0. The summed E-state index contributed by atoms with van der Waals surface area (Å²) in [6, 6.07) is 0. The summed E-state index contributed by atoms with van der Waals surface area (Å²) < 4.78 is 10.0. The second kappa shape index (κ2) is 5.18. The predicted molar refractivity (Wildman–Crippen MR) is 65.5 cm³/mol. The molecule has 1 amide bonds. The highest BCUT2D eigenvalue weighted by atomic mass is 32.1. The predicted octanol–water partition coefficient (Wildman–Crippen LogP) is 3.02. The van der Waals surface area contributed by atoms with Crippen molar-refractivity contribution in [2.24, 2.45) is 0 Å². The van der Waals surface area contributed by atoms with Crippen LogP contribution >= 0.6 is 11.3 Å². The molecule has 1 rings (SSSR count). The van der Waals surface area contributed by atoms with Gasteiger partial charge in [0.1, 0.15) is 5.60 Å². The lowest BCUT2D eigenvalue weighted by atomic mass is 10.2. The summed E-state index contributed by atoms with van der Waals surface area (Å²) >= 11 is 1.32. The molecule has 1 N–H and O–H groups in total. The normalized spacial score (nSPS) is 10.8. The third-order valence-corrected chi connectivity index (χ3v) is 2.24. The van der Waals surface area contributed by atoms with Crippen LogP contribution in [0.5, 0.6) is 5.75 Å². The van der Waals surface area contributed by atoms with Crippen LogP contribution in [0.3, 0.4) is 0 Å². The van der Waals surface area contributed by atoms with Gasteiger partial charge in [-0.3, -0.25) is 10.1 Å². The van der Waals surface area contributed by atoms with Crippen LogP contribution in [0.25, 0.3) is 0 Å². The van der Waals surface area contributed by atoms with Gasteiger partial charge < -0.3 is 9.47 Å². The maximum atomic E-state index is 11.5. The molecule has 0 aliphatic heterocycles. The molecular weight excluding hydrogens is 242 g/mol. The summed E-state index contributed by atoms with van der Waals surface area (Å²) in [4.78, 5) is 22.3. The van der Waals surface area contributed by atoms with Crippen LogP contribution in [-0.2, 0) is 9.53 Å². The molecule has 94 valence electrons. The Morgan fingerprint density at radius 3 is 2.47 bits per heavy atom. The van der Waals surface area contributed by atoms with E-state index in [9.17, 15) is 9.59 Å². The van der Waals surface area contributed by atoms with Gasteiger partial charge in [0.15, 0.2) is 5.75 Å². The van der Waals surface area contributed by atoms with Gasteiger partial charge in [-0.15, -0.1) is 11.3 Å². The number of carbonyl (C=O) groups excluding carboxylic acids is 2. The van der Waals surface area contributed by atoms with Crippen LogP contribution in [0.1, 0.15) is 27.7 Å². The fourth-order valence-electron chi connectivity index (χ4n) is 1.02. The number of hydrogen-bond donors (Lipinski definition) is 1. The quantitative estimate of drug-likeness (QED) is 0.827. The van der Waals surface area contributed by atoms with Crippen molar-refractivity contribution >= 4 is 29.1 Å². The lowest BCUT2D eigenvalue weighted by Gasteiger charge is -2.19. The Kier molecular flexibility index (Phi) is 4.11. The van der Waals surface area contributed by atoms with Gasteiger partial charge in [0.25, 0.3) is 0 Å². The molecule has 0 aliphatic rings. The maximum Gasteiger partial charge on any atom is 0.412 e. The van der Waals surface area contributed by atoms with Crippen molar-refractivity contribution < 1.29 is 19.1 Å². The van der Waals surface area contributed by atoms with E-state index in [0.717, 1.165) is 0 Å². The van der Waals surface area contributed by atoms with E-state index in [-0.39, 0.29) is 0 Å². The highest BCUT2D eigenvalue weighted by molar-refractivity contribution is 7.08. The smallest absolute Gasteiger partial charge is 0.412 e. The minimum Gasteiger partial charge on any atom is -0.444 e. The van der Waals surface area contributed by atoms with Gasteiger partial charge in [-0.05, 0) is 20.8 Å². The number of rotatable bonds is 2. The molecule has 0 atom stereocenters. The van der Waals surface area contributed by atoms with Crippen molar-refractivity contribution in [2.75, 3.05) is 5.32 Å². The van der Waals surface area contributed by atoms with Gasteiger partial charge in [-0.2, -0.15) is 0 Å². The average Bonchev–Trinajstić information content (AvgIpc) is 2.47. The number of anilines is 1. The Hall–Kier alpha value is -1.56. The van der Waals surface area contributed by atoms with Crippen LogP contribution in [0.2, 0.25) is 0 Å². The van der Waals surface area contributed by atoms with Gasteiger partial charge in [0.2, 0.25) is 0 Å². The van der Waals surface area contributed by atoms with Crippen LogP contribution in [-0.4, -0.2) is 17.7 Å². The Bertz CT molecular complexity index is 419. The molecule has 5 nitrogen and oxygen atoms in total. The van der Waals surface area contributed by atoms with Crippen molar-refractivity contribution in [1.82, 2.24) is 0 Å². The molecular formula is C11H15NO4S. The second-order valence-electron chi connectivity index (χ2n) is 4.37. The first kappa shape index (κ1) is 13.5. The van der Waals surface area contributed by atoms with Crippen molar-refractivity contribution in [2.45, 2.75) is 33.3 Å². The van der Waals surface area contributed by atoms with Crippen molar-refractivity contribution in [3.63, 3.8) is 0 Å². The third-order valence-electron chi connectivity index (χ3n) is 1.52. The Morgan fingerprint density at radius 1 is 1.29 bits per heavy atom. The molecule has 0 bridgehead atoms. The fourth-order valence-corrected chi connectivity index (χ4v) is 1.70. The molecule has 6 heteroatoms. The highest BCUT2D eigenvalue weighted by Crippen LogP contribution is 2.29. The molecule has 1 aromatic heterocycles. The molecule has 0 unspecified atom stereocenters. The number of esters is 1. The number of nitrogens with one attached hydrogen (secondary N) is 1. The molecule has 0 saturated heterocycles. The van der Waals surface area contributed by atoms with E-state index in [1.165, 1.54) is 18.3 Å². The van der Waals surface area contributed by atoms with E-state index >= 15 is 0 Å². The maximum absolute atomic E-state index is 11.5. The first-order valence-corrected chi connectivity index (χ1v) is 5.97. The summed E-state index contributed by atoms with van der Waals surface area (Å²) in [5, 5.41) is 5.83. The van der Waals surface area contributed by atoms with E-state index in [1.807, 2.05) is 0 Å². The van der Waals surface area contributed by atoms with Crippen LogP contribution < -0.4 is 10.1 Å². The van der Waals surface area contributed by atoms with Crippen LogP contribution in [0, 0.1) is 0 Å². The first-order chi connectivity index (χ1) is 7.78. The lowest BCUT2D eigenvalue weighted by Crippen LogP contribution is -2.27. The molecule has 0 spiro atoms. The number of thiophene rings is 1. The zero-order chi connectivity index (χ0) is 13.1. The van der Waals surface area contributed by atoms with Crippen molar-refractivity contribution in [3.8, 4) is 5.75 Å². The summed E-state index contributed by atoms with van der Waals surface area (Å²) in [5.74, 6) is -0.107. The van der Waals surface area contributed by atoms with E-state index in [0.29, 0.717) is 11.4 Å². The summed E-state index contributed by atoms with van der Waals surface area (Å²) in [6.45, 7) is 6.61. The number of ether oxygens (including phenoxy) is 2. The van der Waals surface area contributed by atoms with E-state index in [2.05, 4.69) is 5.32 Å². The molecule has 17 heavy (non-hydrogen) atoms. The van der Waals surface area contributed by atoms with Gasteiger partial charge in [0, 0.05) is 17.7 Å². The third kappa shape index (κ3) is 4.86. The number of hydrogen-bond acceptors (Lipinski definition) is 5. The van der Waals surface area contributed by atoms with Gasteiger partial charge in [-0.25, -0.2) is 4.79 Å². The topological polar surface area (TPSA) is 64.6 Å². The molecule has 0 saturated carbocycles. The van der Waals surface area contributed by atoms with Gasteiger partial charge >= 0.3 is 12.1 Å². The Morgan fingerprint density at radius 2 is 1.94 bits per heavy atom. The molecule has 0 aromatic carbocycles. The minimum atomic E-state index is -0.579. The molecule has 0 fully saturated rings. The van der Waals surface area contributed by atoms with Gasteiger partial charge in [0.05, 0.1) is 5.69 Å². The summed E-state index contributed by atoms with van der Waals surface area (Å²) in [6.07, 6.45) is -0.579. The van der Waals surface area contributed by atoms with Crippen LogP contribution in [0.4, 0.5) is 10.5 Å². The molecule has 0 aliphatic carbocycles. The SMILES string of the molecule is CC(=O)Oc1cscc1NC(=O)OC(C)(C)C. The monoisotopic (exact) mass is 257 g/mol. The largest absolute Gasteiger partial charge is 0.444 e. The molecule has 0 radical (unpaired) electrons. The Balaban J connectivity index is 2.65. The van der Waals surface area contributed by atoms with E-state index < -0.39 is 17.7 Å². The van der Waals surface area contributed by atoms with Crippen molar-refractivity contribution in [3.05, 3.63) is 10.8 Å². The number of carbonyl (C=O) groups is 2. The second-order valence-corrected chi connectivity index (χ2v) is 5.11. The van der Waals surface area contributed by atoms with Crippen molar-refractivity contribution in [1.29, 1.82) is 0 Å². The minimum absolute atomic E-state index is 0.327. The number of amides is 1. The highest BCUT2D eigenvalue weighted by Gasteiger charge is 2.18. The summed E-state index contributed by atoms with van der Waals surface area (Å²) in [7, 11) is 0. The lowest BCUT2D eigenvalue weighted by molar-refractivity contribution is -0.131. The van der Waals surface area contributed by atoms with E-state index in [1.54, 1.807) is 31.5 Å². The van der Waals surface area contributed by atoms with Gasteiger partial charge in [-0.1, -0.05) is 0 Å². The fraction of sp³-hybridized carbons (Fsp3) is 0.455. The Labute approximate surface area is 104 Å². The molecule has 1 heterocycles. The standard InChI is InChI=1S/C11H15NO4S/c1-7(13)15-9-6-17-5-8(9)12-10(14)16-11(2,3)4/h5-6H,1-4H3,(H,12,14).